The molecule has 0 unspecified atom stereocenters. The lowest BCUT2D eigenvalue weighted by atomic mass is 10.3. The van der Waals surface area contributed by atoms with Crippen LogP contribution in [0.15, 0.2) is 0 Å². The van der Waals surface area contributed by atoms with Gasteiger partial charge in [-0.25, -0.2) is 9.78 Å². The molecule has 1 aromatic rings. The summed E-state index contributed by atoms with van der Waals surface area (Å²) < 4.78 is 4.71. The Kier molecular flexibility index (Phi) is 4.42. The SMILES string of the molecule is COC(=O)c1nc(N(CC2CC2)C(C)C)sc1C(C)=O. The first-order valence-corrected chi connectivity index (χ1v) is 7.62. The number of Topliss-reactive ketones (excluding diaryl/α,β-unsaturated/α-hetero) is 1. The number of thiazole rings is 1. The summed E-state index contributed by atoms with van der Waals surface area (Å²) in [6.07, 6.45) is 2.50. The average molecular weight is 296 g/mol. The lowest BCUT2D eigenvalue weighted by Crippen LogP contribution is -2.32. The van der Waals surface area contributed by atoms with E-state index >= 15 is 0 Å². The molecular weight excluding hydrogens is 276 g/mol. The highest BCUT2D eigenvalue weighted by Gasteiger charge is 2.29. The van der Waals surface area contributed by atoms with Crippen LogP contribution in [0.1, 0.15) is 53.8 Å². The van der Waals surface area contributed by atoms with Crippen LogP contribution in [-0.2, 0) is 4.74 Å². The highest BCUT2D eigenvalue weighted by Crippen LogP contribution is 2.35. The second-order valence-electron chi connectivity index (χ2n) is 5.41. The van der Waals surface area contributed by atoms with Crippen LogP contribution in [0.5, 0.6) is 0 Å². The monoisotopic (exact) mass is 296 g/mol. The van der Waals surface area contributed by atoms with Crippen LogP contribution < -0.4 is 4.90 Å². The van der Waals surface area contributed by atoms with Crippen molar-refractivity contribution >= 4 is 28.2 Å². The van der Waals surface area contributed by atoms with E-state index in [1.54, 1.807) is 0 Å². The number of methoxy groups -OCH3 is 1. The van der Waals surface area contributed by atoms with Gasteiger partial charge in [0.05, 0.1) is 7.11 Å². The van der Waals surface area contributed by atoms with E-state index in [0.29, 0.717) is 10.8 Å². The van der Waals surface area contributed by atoms with Gasteiger partial charge in [-0.3, -0.25) is 4.79 Å². The Bertz CT molecular complexity index is 520. The summed E-state index contributed by atoms with van der Waals surface area (Å²) in [5, 5.41) is 0.734. The maximum atomic E-state index is 11.7. The molecule has 20 heavy (non-hydrogen) atoms. The largest absolute Gasteiger partial charge is 0.464 e. The van der Waals surface area contributed by atoms with Gasteiger partial charge in [0.15, 0.2) is 16.6 Å². The molecule has 0 bridgehead atoms. The Hall–Kier alpha value is -1.43. The number of carbonyl (C=O) groups excluding carboxylic acids is 2. The van der Waals surface area contributed by atoms with Gasteiger partial charge in [0.25, 0.3) is 0 Å². The molecule has 0 aromatic carbocycles. The first-order valence-electron chi connectivity index (χ1n) is 6.80. The number of esters is 1. The summed E-state index contributed by atoms with van der Waals surface area (Å²) in [7, 11) is 1.30. The first-order chi connectivity index (χ1) is 9.43. The molecule has 0 aliphatic heterocycles. The summed E-state index contributed by atoms with van der Waals surface area (Å²) in [6.45, 7) is 6.57. The van der Waals surface area contributed by atoms with Crippen LogP contribution in [0.2, 0.25) is 0 Å². The molecule has 0 saturated heterocycles. The van der Waals surface area contributed by atoms with Crippen LogP contribution in [0, 0.1) is 5.92 Å². The normalized spacial score (nSPS) is 14.4. The van der Waals surface area contributed by atoms with Crippen molar-refractivity contribution in [2.75, 3.05) is 18.6 Å². The van der Waals surface area contributed by atoms with Crippen molar-refractivity contribution in [1.29, 1.82) is 0 Å². The minimum Gasteiger partial charge on any atom is -0.464 e. The van der Waals surface area contributed by atoms with E-state index in [-0.39, 0.29) is 17.5 Å². The van der Waals surface area contributed by atoms with E-state index < -0.39 is 5.97 Å². The lowest BCUT2D eigenvalue weighted by Gasteiger charge is -2.25. The van der Waals surface area contributed by atoms with Gasteiger partial charge in [-0.2, -0.15) is 0 Å². The van der Waals surface area contributed by atoms with Gasteiger partial charge in [-0.15, -0.1) is 0 Å². The molecule has 1 aromatic heterocycles. The van der Waals surface area contributed by atoms with Gasteiger partial charge in [0, 0.05) is 19.5 Å². The molecule has 1 fully saturated rings. The molecule has 1 heterocycles. The predicted molar refractivity (Wildman–Crippen MR) is 78.7 cm³/mol. The zero-order valence-electron chi connectivity index (χ0n) is 12.3. The third-order valence-corrected chi connectivity index (χ3v) is 4.53. The van der Waals surface area contributed by atoms with Crippen molar-refractivity contribution in [3.05, 3.63) is 10.6 Å². The summed E-state index contributed by atoms with van der Waals surface area (Å²) in [4.78, 5) is 30.3. The molecule has 5 nitrogen and oxygen atoms in total. The Morgan fingerprint density at radius 1 is 1.45 bits per heavy atom. The fourth-order valence-corrected chi connectivity index (χ4v) is 3.09. The number of carbonyl (C=O) groups is 2. The van der Waals surface area contributed by atoms with Gasteiger partial charge < -0.3 is 9.64 Å². The van der Waals surface area contributed by atoms with E-state index in [9.17, 15) is 9.59 Å². The molecule has 1 saturated carbocycles. The summed E-state index contributed by atoms with van der Waals surface area (Å²) >= 11 is 1.28. The second-order valence-corrected chi connectivity index (χ2v) is 6.39. The Balaban J connectivity index is 2.34. The van der Waals surface area contributed by atoms with Crippen molar-refractivity contribution in [3.63, 3.8) is 0 Å². The highest BCUT2D eigenvalue weighted by molar-refractivity contribution is 7.17. The van der Waals surface area contributed by atoms with Crippen molar-refractivity contribution in [2.45, 2.75) is 39.7 Å². The Labute approximate surface area is 122 Å². The van der Waals surface area contributed by atoms with Crippen molar-refractivity contribution in [2.24, 2.45) is 5.92 Å². The van der Waals surface area contributed by atoms with E-state index in [2.05, 4.69) is 23.7 Å². The highest BCUT2D eigenvalue weighted by atomic mass is 32.1. The maximum Gasteiger partial charge on any atom is 0.358 e. The number of ether oxygens (including phenoxy) is 1. The second kappa shape index (κ2) is 5.91. The van der Waals surface area contributed by atoms with Crippen molar-refractivity contribution in [1.82, 2.24) is 4.98 Å². The number of anilines is 1. The van der Waals surface area contributed by atoms with Crippen LogP contribution in [0.4, 0.5) is 5.13 Å². The molecule has 0 spiro atoms. The zero-order valence-corrected chi connectivity index (χ0v) is 13.1. The number of hydrogen-bond acceptors (Lipinski definition) is 6. The molecule has 0 N–H and O–H groups in total. The van der Waals surface area contributed by atoms with E-state index in [1.165, 1.54) is 38.2 Å². The summed E-state index contributed by atoms with van der Waals surface area (Å²) in [6, 6.07) is 0.284. The molecule has 1 aliphatic rings. The van der Waals surface area contributed by atoms with Crippen molar-refractivity contribution in [3.8, 4) is 0 Å². The lowest BCUT2D eigenvalue weighted by molar-refractivity contribution is 0.0591. The minimum atomic E-state index is -0.548. The standard InChI is InChI=1S/C14H20N2O3S/c1-8(2)16(7-10-5-6-10)14-15-11(13(18)19-4)12(20-14)9(3)17/h8,10H,5-7H2,1-4H3. The number of nitrogens with zero attached hydrogens (tertiary/aromatic N) is 2. The molecular formula is C14H20N2O3S. The molecule has 0 radical (unpaired) electrons. The molecule has 2 rings (SSSR count). The third-order valence-electron chi connectivity index (χ3n) is 3.34. The summed E-state index contributed by atoms with van der Waals surface area (Å²) in [5.41, 5.74) is 0.140. The zero-order chi connectivity index (χ0) is 14.9. The average Bonchev–Trinajstić information content (AvgIpc) is 3.11. The number of rotatable bonds is 6. The van der Waals surface area contributed by atoms with Crippen LogP contribution in [0.25, 0.3) is 0 Å². The van der Waals surface area contributed by atoms with E-state index in [1.807, 2.05) is 0 Å². The van der Waals surface area contributed by atoms with Gasteiger partial charge in [-0.05, 0) is 32.6 Å². The van der Waals surface area contributed by atoms with Gasteiger partial charge >= 0.3 is 5.97 Å². The smallest absolute Gasteiger partial charge is 0.358 e. The van der Waals surface area contributed by atoms with Gasteiger partial charge in [0.1, 0.15) is 4.88 Å². The number of aromatic nitrogens is 1. The predicted octanol–water partition coefficient (Wildman–Crippen LogP) is 2.76. The van der Waals surface area contributed by atoms with Crippen LogP contribution in [0.3, 0.4) is 0 Å². The Morgan fingerprint density at radius 2 is 2.10 bits per heavy atom. The maximum absolute atomic E-state index is 11.7. The molecule has 1 aliphatic carbocycles. The fourth-order valence-electron chi connectivity index (χ4n) is 1.99. The third kappa shape index (κ3) is 3.17. The quantitative estimate of drug-likeness (QED) is 0.597. The van der Waals surface area contributed by atoms with Crippen molar-refractivity contribution < 1.29 is 14.3 Å². The topological polar surface area (TPSA) is 59.5 Å². The molecule has 0 amide bonds. The molecule has 110 valence electrons. The minimum absolute atomic E-state index is 0.140. The molecule has 6 heteroatoms. The van der Waals surface area contributed by atoms with E-state index in [0.717, 1.165) is 11.7 Å². The van der Waals surface area contributed by atoms with Gasteiger partial charge in [0.2, 0.25) is 0 Å². The van der Waals surface area contributed by atoms with Crippen LogP contribution in [-0.4, -0.2) is 36.4 Å². The summed E-state index contributed by atoms with van der Waals surface area (Å²) in [5.74, 6) is 0.0146. The van der Waals surface area contributed by atoms with Crippen LogP contribution >= 0.6 is 11.3 Å². The number of ketones is 1. The fraction of sp³-hybridized carbons (Fsp3) is 0.643. The number of hydrogen-bond donors (Lipinski definition) is 0. The Morgan fingerprint density at radius 3 is 2.55 bits per heavy atom. The first kappa shape index (κ1) is 15.0. The van der Waals surface area contributed by atoms with E-state index in [4.69, 9.17) is 4.74 Å². The van der Waals surface area contributed by atoms with Gasteiger partial charge in [-0.1, -0.05) is 11.3 Å². The molecule has 0 atom stereocenters.